The average molecular weight is 464 g/mol. The van der Waals surface area contributed by atoms with Crippen LogP contribution < -0.4 is 5.69 Å². The third-order valence-electron chi connectivity index (χ3n) is 6.49. The van der Waals surface area contributed by atoms with Crippen LogP contribution in [0.2, 0.25) is 0 Å². The fraction of sp³-hybridized carbons (Fsp3) is 0.464. The molecule has 0 amide bonds. The van der Waals surface area contributed by atoms with Gasteiger partial charge in [0, 0.05) is 6.42 Å². The molecule has 0 bridgehead atoms. The summed E-state index contributed by atoms with van der Waals surface area (Å²) in [5.74, 6) is -0.0934. The van der Waals surface area contributed by atoms with Gasteiger partial charge in [-0.3, -0.25) is 4.57 Å². The van der Waals surface area contributed by atoms with E-state index < -0.39 is 5.97 Å². The first-order valence-electron chi connectivity index (χ1n) is 12.6. The predicted molar refractivity (Wildman–Crippen MR) is 137 cm³/mol. The van der Waals surface area contributed by atoms with E-state index in [1.807, 2.05) is 43.3 Å². The molecular formula is C28H37N3O3. The van der Waals surface area contributed by atoms with Crippen molar-refractivity contribution in [3.63, 3.8) is 0 Å². The third-order valence-corrected chi connectivity index (χ3v) is 6.49. The van der Waals surface area contributed by atoms with Crippen LogP contribution in [0.3, 0.4) is 0 Å². The normalized spacial score (nSPS) is 12.1. The lowest BCUT2D eigenvalue weighted by atomic mass is 9.99. The van der Waals surface area contributed by atoms with Crippen LogP contribution in [0.4, 0.5) is 0 Å². The maximum atomic E-state index is 13.2. The second-order valence-corrected chi connectivity index (χ2v) is 9.05. The van der Waals surface area contributed by atoms with E-state index in [-0.39, 0.29) is 17.3 Å². The standard InChI is InChI=1S/C28H37N3O3/c1-4-6-7-8-9-10-15-26-29-31(21(3)5-2)28(34)30(26)20-22-16-18-23(19-17-22)24-13-11-12-14-25(24)27(32)33/h11-14,16-19,21H,4-10,15,20H2,1-3H3,(H,32,33). The van der Waals surface area contributed by atoms with Gasteiger partial charge in [0.2, 0.25) is 0 Å². The molecule has 2 aromatic carbocycles. The summed E-state index contributed by atoms with van der Waals surface area (Å²) < 4.78 is 3.43. The van der Waals surface area contributed by atoms with Crippen LogP contribution in [0.5, 0.6) is 0 Å². The van der Waals surface area contributed by atoms with Crippen LogP contribution in [-0.2, 0) is 13.0 Å². The monoisotopic (exact) mass is 463 g/mol. The summed E-state index contributed by atoms with van der Waals surface area (Å²) in [6.45, 7) is 6.78. The highest BCUT2D eigenvalue weighted by Gasteiger charge is 2.17. The van der Waals surface area contributed by atoms with Gasteiger partial charge in [0.1, 0.15) is 5.82 Å². The second-order valence-electron chi connectivity index (χ2n) is 9.05. The molecule has 0 saturated carbocycles. The number of aryl methyl sites for hydroxylation is 1. The summed E-state index contributed by atoms with van der Waals surface area (Å²) in [7, 11) is 0. The molecule has 0 radical (unpaired) electrons. The minimum absolute atomic E-state index is 0.0596. The van der Waals surface area contributed by atoms with Crippen molar-refractivity contribution in [1.29, 1.82) is 0 Å². The summed E-state index contributed by atoms with van der Waals surface area (Å²) in [5, 5.41) is 14.2. The number of unbranched alkanes of at least 4 members (excludes halogenated alkanes) is 5. The van der Waals surface area contributed by atoms with Gasteiger partial charge >= 0.3 is 11.7 Å². The van der Waals surface area contributed by atoms with Gasteiger partial charge in [-0.15, -0.1) is 0 Å². The van der Waals surface area contributed by atoms with Gasteiger partial charge in [-0.2, -0.15) is 5.10 Å². The molecule has 6 heteroatoms. The van der Waals surface area contributed by atoms with Crippen LogP contribution in [-0.4, -0.2) is 25.4 Å². The second kappa shape index (κ2) is 12.4. The van der Waals surface area contributed by atoms with Crippen molar-refractivity contribution in [2.24, 2.45) is 0 Å². The molecule has 0 fully saturated rings. The van der Waals surface area contributed by atoms with Crippen LogP contribution in [0.15, 0.2) is 53.3 Å². The number of carbonyl (C=O) groups is 1. The maximum Gasteiger partial charge on any atom is 0.346 e. The van der Waals surface area contributed by atoms with Crippen molar-refractivity contribution < 1.29 is 9.90 Å². The lowest BCUT2D eigenvalue weighted by Crippen LogP contribution is -2.27. The Labute approximate surface area is 202 Å². The van der Waals surface area contributed by atoms with Crippen molar-refractivity contribution >= 4 is 5.97 Å². The Morgan fingerprint density at radius 3 is 2.32 bits per heavy atom. The Morgan fingerprint density at radius 2 is 1.65 bits per heavy atom. The van der Waals surface area contributed by atoms with Gasteiger partial charge in [0.15, 0.2) is 0 Å². The minimum atomic E-state index is -0.942. The van der Waals surface area contributed by atoms with Crippen LogP contribution in [0.25, 0.3) is 11.1 Å². The molecule has 1 atom stereocenters. The molecule has 1 unspecified atom stereocenters. The minimum Gasteiger partial charge on any atom is -0.478 e. The number of carboxylic acid groups (broad SMARTS) is 1. The van der Waals surface area contributed by atoms with E-state index in [1.54, 1.807) is 21.4 Å². The molecule has 0 spiro atoms. The van der Waals surface area contributed by atoms with E-state index >= 15 is 0 Å². The zero-order valence-electron chi connectivity index (χ0n) is 20.7. The Hall–Kier alpha value is -3.15. The fourth-order valence-corrected chi connectivity index (χ4v) is 4.22. The maximum absolute atomic E-state index is 13.2. The molecule has 1 N–H and O–H groups in total. The van der Waals surface area contributed by atoms with Gasteiger partial charge in [-0.25, -0.2) is 14.3 Å². The van der Waals surface area contributed by atoms with E-state index in [1.165, 1.54) is 25.7 Å². The molecule has 0 aliphatic rings. The van der Waals surface area contributed by atoms with Crippen LogP contribution in [0, 0.1) is 0 Å². The van der Waals surface area contributed by atoms with Crippen LogP contribution >= 0.6 is 0 Å². The van der Waals surface area contributed by atoms with E-state index in [2.05, 4.69) is 13.8 Å². The third kappa shape index (κ3) is 6.25. The topological polar surface area (TPSA) is 77.1 Å². The number of aromatic carboxylic acids is 1. The van der Waals surface area contributed by atoms with E-state index in [4.69, 9.17) is 5.10 Å². The van der Waals surface area contributed by atoms with Crippen molar-refractivity contribution in [2.75, 3.05) is 0 Å². The lowest BCUT2D eigenvalue weighted by Gasteiger charge is -2.09. The molecule has 182 valence electrons. The Morgan fingerprint density at radius 1 is 0.971 bits per heavy atom. The quantitative estimate of drug-likeness (QED) is 0.300. The average Bonchev–Trinajstić information content (AvgIpc) is 3.16. The van der Waals surface area contributed by atoms with E-state index in [0.29, 0.717) is 12.1 Å². The lowest BCUT2D eigenvalue weighted by molar-refractivity contribution is 0.0697. The molecule has 34 heavy (non-hydrogen) atoms. The Kier molecular flexibility index (Phi) is 9.25. The molecule has 0 aliphatic heterocycles. The first kappa shape index (κ1) is 25.5. The summed E-state index contributed by atoms with van der Waals surface area (Å²) >= 11 is 0. The molecule has 6 nitrogen and oxygen atoms in total. The van der Waals surface area contributed by atoms with Gasteiger partial charge in [-0.05, 0) is 42.5 Å². The smallest absolute Gasteiger partial charge is 0.346 e. The molecule has 1 aromatic heterocycles. The number of rotatable bonds is 13. The fourth-order valence-electron chi connectivity index (χ4n) is 4.22. The number of aromatic nitrogens is 3. The zero-order valence-corrected chi connectivity index (χ0v) is 20.7. The molecular weight excluding hydrogens is 426 g/mol. The largest absolute Gasteiger partial charge is 0.478 e. The first-order valence-corrected chi connectivity index (χ1v) is 12.6. The zero-order chi connectivity index (χ0) is 24.5. The summed E-state index contributed by atoms with van der Waals surface area (Å²) in [6, 6.07) is 14.8. The molecule has 1 heterocycles. The molecule has 3 aromatic rings. The number of benzene rings is 2. The summed E-state index contributed by atoms with van der Waals surface area (Å²) in [4.78, 5) is 24.7. The first-order chi connectivity index (χ1) is 16.5. The van der Waals surface area contributed by atoms with Crippen molar-refractivity contribution in [1.82, 2.24) is 14.3 Å². The Bertz CT molecular complexity index is 1130. The summed E-state index contributed by atoms with van der Waals surface area (Å²) in [5.41, 5.74) is 2.74. The van der Waals surface area contributed by atoms with Crippen molar-refractivity contribution in [3.8, 4) is 11.1 Å². The van der Waals surface area contributed by atoms with E-state index in [0.717, 1.165) is 42.6 Å². The van der Waals surface area contributed by atoms with Gasteiger partial charge in [-0.1, -0.05) is 88.4 Å². The highest BCUT2D eigenvalue weighted by molar-refractivity contribution is 5.95. The number of nitrogens with zero attached hydrogens (tertiary/aromatic N) is 3. The van der Waals surface area contributed by atoms with Crippen molar-refractivity contribution in [3.05, 3.63) is 76.0 Å². The summed E-state index contributed by atoms with van der Waals surface area (Å²) in [6.07, 6.45) is 8.85. The number of hydrogen-bond acceptors (Lipinski definition) is 3. The van der Waals surface area contributed by atoms with Crippen molar-refractivity contribution in [2.45, 2.75) is 84.7 Å². The predicted octanol–water partition coefficient (Wildman–Crippen LogP) is 6.33. The van der Waals surface area contributed by atoms with Crippen LogP contribution in [0.1, 0.15) is 93.5 Å². The molecule has 3 rings (SSSR count). The van der Waals surface area contributed by atoms with Gasteiger partial charge in [0.05, 0.1) is 18.2 Å². The highest BCUT2D eigenvalue weighted by Crippen LogP contribution is 2.24. The van der Waals surface area contributed by atoms with E-state index in [9.17, 15) is 14.7 Å². The highest BCUT2D eigenvalue weighted by atomic mass is 16.4. The molecule has 0 aliphatic carbocycles. The van der Waals surface area contributed by atoms with Gasteiger partial charge in [0.25, 0.3) is 0 Å². The Balaban J connectivity index is 1.80. The van der Waals surface area contributed by atoms with Gasteiger partial charge < -0.3 is 5.11 Å². The molecule has 0 saturated heterocycles. The number of hydrogen-bond donors (Lipinski definition) is 1. The number of carboxylic acids is 1. The SMILES string of the molecule is CCCCCCCCc1nn(C(C)CC)c(=O)n1Cc1ccc(-c2ccccc2C(=O)O)cc1.